The monoisotopic (exact) mass is 152 g/mol. The molecule has 0 radical (unpaired) electrons. The molecular formula is C10H16O. The fraction of sp³-hybridized carbons (Fsp3) is 0.700. The van der Waals surface area contributed by atoms with Crippen molar-refractivity contribution in [1.82, 2.24) is 0 Å². The molecule has 1 aliphatic carbocycles. The van der Waals surface area contributed by atoms with E-state index in [1.54, 1.807) is 6.08 Å². The second-order valence-corrected chi connectivity index (χ2v) is 4.09. The Bertz CT molecular complexity index is 189. The van der Waals surface area contributed by atoms with Crippen LogP contribution in [0.3, 0.4) is 0 Å². The maximum Gasteiger partial charge on any atom is 0.142 e. The summed E-state index contributed by atoms with van der Waals surface area (Å²) in [5.41, 5.74) is 1.72. The summed E-state index contributed by atoms with van der Waals surface area (Å²) in [6.45, 7) is 6.74. The van der Waals surface area contributed by atoms with E-state index in [0.717, 1.165) is 12.7 Å². The first-order chi connectivity index (χ1) is 5.08. The Balaban J connectivity index is 2.78. The Hall–Kier alpha value is -0.590. The molecule has 1 fully saturated rings. The zero-order chi connectivity index (χ0) is 8.48. The highest BCUT2D eigenvalue weighted by Gasteiger charge is 2.34. The molecule has 0 spiro atoms. The molecule has 0 aliphatic heterocycles. The van der Waals surface area contributed by atoms with Crippen LogP contribution in [-0.2, 0) is 4.79 Å². The SMILES string of the molecule is CC1/C(=C/C=O)CCC1(C)C. The molecule has 0 bridgehead atoms. The summed E-state index contributed by atoms with van der Waals surface area (Å²) in [6, 6.07) is 0. The van der Waals surface area contributed by atoms with Gasteiger partial charge in [-0.1, -0.05) is 26.3 Å². The van der Waals surface area contributed by atoms with Gasteiger partial charge in [0.1, 0.15) is 6.29 Å². The van der Waals surface area contributed by atoms with Gasteiger partial charge in [0.05, 0.1) is 0 Å². The van der Waals surface area contributed by atoms with E-state index in [-0.39, 0.29) is 0 Å². The lowest BCUT2D eigenvalue weighted by atomic mass is 9.82. The molecule has 1 heteroatoms. The third-order valence-corrected chi connectivity index (χ3v) is 3.07. The summed E-state index contributed by atoms with van der Waals surface area (Å²) >= 11 is 0. The van der Waals surface area contributed by atoms with Crippen LogP contribution in [0.4, 0.5) is 0 Å². The molecule has 1 rings (SSSR count). The summed E-state index contributed by atoms with van der Waals surface area (Å²) in [5, 5.41) is 0. The van der Waals surface area contributed by atoms with Gasteiger partial charge in [0.25, 0.3) is 0 Å². The Morgan fingerprint density at radius 3 is 2.55 bits per heavy atom. The third kappa shape index (κ3) is 1.52. The van der Waals surface area contributed by atoms with Crippen molar-refractivity contribution in [1.29, 1.82) is 0 Å². The summed E-state index contributed by atoms with van der Waals surface area (Å²) in [5.74, 6) is 0.577. The van der Waals surface area contributed by atoms with Crippen molar-refractivity contribution < 1.29 is 4.79 Å². The first-order valence-electron chi connectivity index (χ1n) is 4.22. The third-order valence-electron chi connectivity index (χ3n) is 3.07. The largest absolute Gasteiger partial charge is 0.299 e. The van der Waals surface area contributed by atoms with E-state index in [1.807, 2.05) is 0 Å². The van der Waals surface area contributed by atoms with Crippen LogP contribution < -0.4 is 0 Å². The van der Waals surface area contributed by atoms with E-state index in [9.17, 15) is 4.79 Å². The fourth-order valence-electron chi connectivity index (χ4n) is 1.72. The van der Waals surface area contributed by atoms with E-state index < -0.39 is 0 Å². The molecule has 62 valence electrons. The molecule has 0 aromatic heterocycles. The van der Waals surface area contributed by atoms with Gasteiger partial charge in [-0.15, -0.1) is 0 Å². The summed E-state index contributed by atoms with van der Waals surface area (Å²) in [4.78, 5) is 10.2. The quantitative estimate of drug-likeness (QED) is 0.417. The molecule has 0 aromatic carbocycles. The summed E-state index contributed by atoms with van der Waals surface area (Å²) in [6.07, 6.45) is 4.97. The van der Waals surface area contributed by atoms with Gasteiger partial charge in [-0.2, -0.15) is 0 Å². The molecule has 0 saturated heterocycles. The standard InChI is InChI=1S/C10H16O/c1-8-9(5-7-11)4-6-10(8,2)3/h5,7-8H,4,6H2,1-3H3/b9-5+. The predicted molar refractivity (Wildman–Crippen MR) is 46.3 cm³/mol. The van der Waals surface area contributed by atoms with E-state index in [2.05, 4.69) is 20.8 Å². The van der Waals surface area contributed by atoms with Crippen molar-refractivity contribution >= 4 is 6.29 Å². The number of aldehydes is 1. The topological polar surface area (TPSA) is 17.1 Å². The first-order valence-corrected chi connectivity index (χ1v) is 4.22. The number of allylic oxidation sites excluding steroid dienone is 2. The van der Waals surface area contributed by atoms with Gasteiger partial charge in [-0.3, -0.25) is 4.79 Å². The van der Waals surface area contributed by atoms with Crippen LogP contribution in [0.15, 0.2) is 11.6 Å². The lowest BCUT2D eigenvalue weighted by molar-refractivity contribution is -0.104. The van der Waals surface area contributed by atoms with Crippen LogP contribution in [-0.4, -0.2) is 6.29 Å². The first kappa shape index (κ1) is 8.51. The Morgan fingerprint density at radius 1 is 1.55 bits per heavy atom. The lowest BCUT2D eigenvalue weighted by Crippen LogP contribution is -2.14. The normalized spacial score (nSPS) is 32.6. The average molecular weight is 152 g/mol. The number of rotatable bonds is 1. The zero-order valence-electron chi connectivity index (χ0n) is 7.55. The number of hydrogen-bond donors (Lipinski definition) is 0. The predicted octanol–water partition coefficient (Wildman–Crippen LogP) is 2.57. The molecular weight excluding hydrogens is 136 g/mol. The number of carbonyl (C=O) groups is 1. The van der Waals surface area contributed by atoms with E-state index in [0.29, 0.717) is 11.3 Å². The minimum absolute atomic E-state index is 0.398. The van der Waals surface area contributed by atoms with Crippen molar-refractivity contribution in [3.63, 3.8) is 0 Å². The van der Waals surface area contributed by atoms with E-state index in [1.165, 1.54) is 12.0 Å². The average Bonchev–Trinajstić information content (AvgIpc) is 2.17. The Labute approximate surface area is 68.5 Å². The highest BCUT2D eigenvalue weighted by molar-refractivity contribution is 5.66. The molecule has 0 aromatic rings. The van der Waals surface area contributed by atoms with Crippen molar-refractivity contribution in [3.8, 4) is 0 Å². The molecule has 0 heterocycles. The second-order valence-electron chi connectivity index (χ2n) is 4.09. The van der Waals surface area contributed by atoms with Crippen molar-refractivity contribution in [2.24, 2.45) is 11.3 Å². The Kier molecular flexibility index (Phi) is 2.17. The van der Waals surface area contributed by atoms with Crippen LogP contribution >= 0.6 is 0 Å². The smallest absolute Gasteiger partial charge is 0.142 e. The molecule has 1 nitrogen and oxygen atoms in total. The van der Waals surface area contributed by atoms with Crippen LogP contribution in [0.2, 0.25) is 0 Å². The van der Waals surface area contributed by atoms with Crippen LogP contribution in [0.1, 0.15) is 33.6 Å². The van der Waals surface area contributed by atoms with E-state index >= 15 is 0 Å². The molecule has 1 unspecified atom stereocenters. The lowest BCUT2D eigenvalue weighted by Gasteiger charge is -2.23. The minimum Gasteiger partial charge on any atom is -0.299 e. The molecule has 1 atom stereocenters. The van der Waals surface area contributed by atoms with Crippen LogP contribution in [0.5, 0.6) is 0 Å². The zero-order valence-corrected chi connectivity index (χ0v) is 7.55. The van der Waals surface area contributed by atoms with E-state index in [4.69, 9.17) is 0 Å². The summed E-state index contributed by atoms with van der Waals surface area (Å²) in [7, 11) is 0. The van der Waals surface area contributed by atoms with Crippen molar-refractivity contribution in [2.75, 3.05) is 0 Å². The second kappa shape index (κ2) is 2.80. The molecule has 1 saturated carbocycles. The van der Waals surface area contributed by atoms with Gasteiger partial charge in [-0.25, -0.2) is 0 Å². The van der Waals surface area contributed by atoms with Crippen LogP contribution in [0, 0.1) is 11.3 Å². The minimum atomic E-state index is 0.398. The maximum atomic E-state index is 10.2. The van der Waals surface area contributed by atoms with Gasteiger partial charge in [0, 0.05) is 0 Å². The number of hydrogen-bond acceptors (Lipinski definition) is 1. The number of carbonyl (C=O) groups excluding carboxylic acids is 1. The molecule has 11 heavy (non-hydrogen) atoms. The molecule has 0 amide bonds. The van der Waals surface area contributed by atoms with Gasteiger partial charge in [0.2, 0.25) is 0 Å². The highest BCUT2D eigenvalue weighted by Crippen LogP contribution is 2.45. The maximum absolute atomic E-state index is 10.2. The van der Waals surface area contributed by atoms with Gasteiger partial charge < -0.3 is 0 Å². The van der Waals surface area contributed by atoms with Gasteiger partial charge in [-0.05, 0) is 30.3 Å². The summed E-state index contributed by atoms with van der Waals surface area (Å²) < 4.78 is 0. The van der Waals surface area contributed by atoms with Gasteiger partial charge in [0.15, 0.2) is 0 Å². The highest BCUT2D eigenvalue weighted by atomic mass is 16.1. The van der Waals surface area contributed by atoms with Crippen LogP contribution in [0.25, 0.3) is 0 Å². The fourth-order valence-corrected chi connectivity index (χ4v) is 1.72. The van der Waals surface area contributed by atoms with Gasteiger partial charge >= 0.3 is 0 Å². The molecule has 0 N–H and O–H groups in total. The Morgan fingerprint density at radius 2 is 2.18 bits per heavy atom. The van der Waals surface area contributed by atoms with Crippen molar-refractivity contribution in [2.45, 2.75) is 33.6 Å². The molecule has 1 aliphatic rings. The van der Waals surface area contributed by atoms with Crippen molar-refractivity contribution in [3.05, 3.63) is 11.6 Å².